The average Bonchev–Trinajstić information content (AvgIpc) is 2.21. The van der Waals surface area contributed by atoms with Crippen molar-refractivity contribution in [2.24, 2.45) is 0 Å². The number of likely N-dealkylation sites (N-methyl/N-ethyl adjacent to an activating group) is 1. The summed E-state index contributed by atoms with van der Waals surface area (Å²) < 4.78 is 0. The lowest BCUT2D eigenvalue weighted by atomic mass is 10.2. The molecule has 14 heavy (non-hydrogen) atoms. The van der Waals surface area contributed by atoms with E-state index in [0.29, 0.717) is 0 Å². The van der Waals surface area contributed by atoms with Crippen molar-refractivity contribution < 1.29 is 5.11 Å². The van der Waals surface area contributed by atoms with Crippen LogP contribution in [-0.4, -0.2) is 49.3 Å². The molecule has 0 aromatic heterocycles. The second-order valence-corrected chi connectivity index (χ2v) is 3.95. The van der Waals surface area contributed by atoms with E-state index < -0.39 is 0 Å². The quantitative estimate of drug-likeness (QED) is 0.587. The van der Waals surface area contributed by atoms with Gasteiger partial charge in [0.25, 0.3) is 0 Å². The van der Waals surface area contributed by atoms with E-state index in [1.165, 1.54) is 12.8 Å². The minimum atomic E-state index is 0.233. The summed E-state index contributed by atoms with van der Waals surface area (Å²) in [7, 11) is 2.12. The number of hydrogen-bond donors (Lipinski definition) is 2. The first-order valence-corrected chi connectivity index (χ1v) is 5.77. The summed E-state index contributed by atoms with van der Waals surface area (Å²) in [5.74, 6) is 0. The predicted molar refractivity (Wildman–Crippen MR) is 61.6 cm³/mol. The van der Waals surface area contributed by atoms with Crippen LogP contribution in [0.25, 0.3) is 0 Å². The van der Waals surface area contributed by atoms with Crippen molar-refractivity contribution in [2.75, 3.05) is 33.3 Å². The molecule has 1 unspecified atom stereocenters. The van der Waals surface area contributed by atoms with Crippen molar-refractivity contribution in [3.63, 3.8) is 0 Å². The van der Waals surface area contributed by atoms with Crippen LogP contribution in [0, 0.1) is 0 Å². The van der Waals surface area contributed by atoms with Crippen LogP contribution in [0.5, 0.6) is 0 Å². The average molecular weight is 202 g/mol. The van der Waals surface area contributed by atoms with Crippen LogP contribution in [-0.2, 0) is 0 Å². The van der Waals surface area contributed by atoms with E-state index in [-0.39, 0.29) is 12.6 Å². The van der Waals surface area contributed by atoms with Crippen LogP contribution in [0.15, 0.2) is 0 Å². The largest absolute Gasteiger partial charge is 0.395 e. The van der Waals surface area contributed by atoms with E-state index in [1.54, 1.807) is 0 Å². The molecule has 0 saturated heterocycles. The summed E-state index contributed by atoms with van der Waals surface area (Å²) in [6.45, 7) is 7.63. The zero-order chi connectivity index (χ0) is 10.8. The van der Waals surface area contributed by atoms with Crippen molar-refractivity contribution in [1.82, 2.24) is 10.2 Å². The van der Waals surface area contributed by atoms with Crippen LogP contribution in [0.4, 0.5) is 0 Å². The Morgan fingerprint density at radius 3 is 2.50 bits per heavy atom. The fourth-order valence-corrected chi connectivity index (χ4v) is 1.43. The fraction of sp³-hybridized carbons (Fsp3) is 1.00. The lowest BCUT2D eigenvalue weighted by Crippen LogP contribution is -2.42. The van der Waals surface area contributed by atoms with Gasteiger partial charge < -0.3 is 15.3 Å². The highest BCUT2D eigenvalue weighted by atomic mass is 16.3. The Bertz CT molecular complexity index is 120. The topological polar surface area (TPSA) is 35.5 Å². The zero-order valence-electron chi connectivity index (χ0n) is 9.92. The Morgan fingerprint density at radius 1 is 1.29 bits per heavy atom. The van der Waals surface area contributed by atoms with Gasteiger partial charge in [0.1, 0.15) is 0 Å². The normalized spacial score (nSPS) is 13.5. The highest BCUT2D eigenvalue weighted by Gasteiger charge is 2.08. The molecule has 0 heterocycles. The van der Waals surface area contributed by atoms with Crippen molar-refractivity contribution in [3.05, 3.63) is 0 Å². The monoisotopic (exact) mass is 202 g/mol. The molecule has 3 heteroatoms. The van der Waals surface area contributed by atoms with Gasteiger partial charge >= 0.3 is 0 Å². The van der Waals surface area contributed by atoms with Crippen molar-refractivity contribution in [1.29, 1.82) is 0 Å². The molecule has 2 N–H and O–H groups in total. The van der Waals surface area contributed by atoms with E-state index in [1.807, 2.05) is 0 Å². The van der Waals surface area contributed by atoms with Crippen LogP contribution in [0.2, 0.25) is 0 Å². The number of unbranched alkanes of at least 4 members (excludes halogenated alkanes) is 1. The Morgan fingerprint density at radius 2 is 2.00 bits per heavy atom. The minimum Gasteiger partial charge on any atom is -0.395 e. The van der Waals surface area contributed by atoms with E-state index in [0.717, 1.165) is 26.1 Å². The molecule has 0 radical (unpaired) electrons. The van der Waals surface area contributed by atoms with Gasteiger partial charge in [-0.05, 0) is 33.0 Å². The van der Waals surface area contributed by atoms with E-state index in [4.69, 9.17) is 5.11 Å². The van der Waals surface area contributed by atoms with Gasteiger partial charge in [-0.15, -0.1) is 0 Å². The fourth-order valence-electron chi connectivity index (χ4n) is 1.43. The third kappa shape index (κ3) is 7.30. The van der Waals surface area contributed by atoms with Crippen LogP contribution >= 0.6 is 0 Å². The predicted octanol–water partition coefficient (Wildman–Crippen LogP) is 1.08. The molecule has 0 aliphatic rings. The number of nitrogens with one attached hydrogen (secondary N) is 1. The first-order valence-electron chi connectivity index (χ1n) is 5.77. The molecule has 0 aliphatic carbocycles. The molecule has 0 saturated carbocycles. The first kappa shape index (κ1) is 13.9. The van der Waals surface area contributed by atoms with Crippen LogP contribution in [0.1, 0.15) is 33.1 Å². The van der Waals surface area contributed by atoms with Gasteiger partial charge in [-0.1, -0.05) is 20.3 Å². The molecule has 1 atom stereocenters. The van der Waals surface area contributed by atoms with Crippen LogP contribution in [0.3, 0.4) is 0 Å². The molecule has 0 bridgehead atoms. The number of hydrogen-bond acceptors (Lipinski definition) is 3. The summed E-state index contributed by atoms with van der Waals surface area (Å²) in [6, 6.07) is 0.233. The van der Waals surface area contributed by atoms with Gasteiger partial charge in [-0.2, -0.15) is 0 Å². The summed E-state index contributed by atoms with van der Waals surface area (Å²) in [6.07, 6.45) is 3.59. The SMILES string of the molecule is CCCCN(C)CC(CO)NCCC. The molecular weight excluding hydrogens is 176 g/mol. The molecule has 86 valence electrons. The summed E-state index contributed by atoms with van der Waals surface area (Å²) in [4.78, 5) is 2.28. The first-order chi connectivity index (χ1) is 6.74. The Labute approximate surface area is 88.5 Å². The van der Waals surface area contributed by atoms with Gasteiger partial charge in [0.15, 0.2) is 0 Å². The molecule has 0 fully saturated rings. The molecule has 0 aromatic carbocycles. The molecule has 0 amide bonds. The van der Waals surface area contributed by atoms with E-state index in [2.05, 4.69) is 31.1 Å². The third-order valence-corrected chi connectivity index (χ3v) is 2.33. The van der Waals surface area contributed by atoms with Crippen molar-refractivity contribution in [3.8, 4) is 0 Å². The van der Waals surface area contributed by atoms with Gasteiger partial charge in [0.2, 0.25) is 0 Å². The van der Waals surface area contributed by atoms with Gasteiger partial charge in [-0.3, -0.25) is 0 Å². The number of aliphatic hydroxyl groups excluding tert-OH is 1. The van der Waals surface area contributed by atoms with Gasteiger partial charge in [0, 0.05) is 12.6 Å². The Hall–Kier alpha value is -0.120. The lowest BCUT2D eigenvalue weighted by molar-refractivity contribution is 0.198. The molecular formula is C11H26N2O. The smallest absolute Gasteiger partial charge is 0.0597 e. The van der Waals surface area contributed by atoms with Gasteiger partial charge in [0.05, 0.1) is 6.61 Å². The standard InChI is InChI=1S/C11H26N2O/c1-4-6-8-13(3)9-11(10-14)12-7-5-2/h11-12,14H,4-10H2,1-3H3. The Kier molecular flexibility index (Phi) is 9.35. The van der Waals surface area contributed by atoms with Gasteiger partial charge in [-0.25, -0.2) is 0 Å². The second-order valence-electron chi connectivity index (χ2n) is 3.95. The van der Waals surface area contributed by atoms with Crippen LogP contribution < -0.4 is 5.32 Å². The maximum atomic E-state index is 9.14. The maximum Gasteiger partial charge on any atom is 0.0597 e. The highest BCUT2D eigenvalue weighted by Crippen LogP contribution is 1.94. The summed E-state index contributed by atoms with van der Waals surface area (Å²) in [5, 5.41) is 12.5. The third-order valence-electron chi connectivity index (χ3n) is 2.33. The lowest BCUT2D eigenvalue weighted by Gasteiger charge is -2.23. The summed E-state index contributed by atoms with van der Waals surface area (Å²) in [5.41, 5.74) is 0. The molecule has 0 spiro atoms. The number of rotatable bonds is 9. The molecule has 3 nitrogen and oxygen atoms in total. The zero-order valence-corrected chi connectivity index (χ0v) is 9.92. The van der Waals surface area contributed by atoms with E-state index in [9.17, 15) is 0 Å². The number of nitrogens with zero attached hydrogens (tertiary/aromatic N) is 1. The molecule has 0 aromatic rings. The Balaban J connectivity index is 3.57. The number of aliphatic hydroxyl groups is 1. The molecule has 0 aliphatic heterocycles. The highest BCUT2D eigenvalue weighted by molar-refractivity contribution is 4.69. The van der Waals surface area contributed by atoms with Crippen molar-refractivity contribution >= 4 is 0 Å². The van der Waals surface area contributed by atoms with Crippen molar-refractivity contribution in [2.45, 2.75) is 39.2 Å². The minimum absolute atomic E-state index is 0.233. The summed E-state index contributed by atoms with van der Waals surface area (Å²) >= 11 is 0. The second kappa shape index (κ2) is 9.44. The molecule has 0 rings (SSSR count). The van der Waals surface area contributed by atoms with E-state index >= 15 is 0 Å². The maximum absolute atomic E-state index is 9.14.